The first-order valence-corrected chi connectivity index (χ1v) is 11.2. The zero-order valence-corrected chi connectivity index (χ0v) is 18.0. The van der Waals surface area contributed by atoms with Crippen molar-refractivity contribution in [1.82, 2.24) is 0 Å². The summed E-state index contributed by atoms with van der Waals surface area (Å²) in [5.74, 6) is 0.854. The minimum absolute atomic E-state index is 0.274. The van der Waals surface area contributed by atoms with Crippen LogP contribution in [0.3, 0.4) is 0 Å². The molecule has 0 aromatic rings. The molecule has 3 unspecified atom stereocenters. The molecule has 0 radical (unpaired) electrons. The topological polar surface area (TPSA) is 65.0 Å². The summed E-state index contributed by atoms with van der Waals surface area (Å²) in [7, 11) is 0. The molecule has 1 N–H and O–H groups in total. The molecule has 0 heterocycles. The second-order valence-electron chi connectivity index (χ2n) is 7.12. The Balaban J connectivity index is 4.35. The number of carbonyl (C=O) groups is 1. The van der Waals surface area contributed by atoms with Crippen molar-refractivity contribution in [3.05, 3.63) is 0 Å². The molecule has 0 fully saturated rings. The van der Waals surface area contributed by atoms with E-state index in [-0.39, 0.29) is 5.97 Å². The monoisotopic (exact) mass is 392 g/mol. The van der Waals surface area contributed by atoms with Gasteiger partial charge in [0.25, 0.3) is 0 Å². The standard InChI is InChI=1S/C20H40O5S/c1-5-9-12-17(7-3)14-11-15-19(26-25-24-22)20(21)23-16-18(8-4)13-10-6-2/h17-19,22H,5-16H2,1-4H3. The molecule has 3 atom stereocenters. The third kappa shape index (κ3) is 13.0. The minimum atomic E-state index is -0.463. The van der Waals surface area contributed by atoms with Gasteiger partial charge in [0.2, 0.25) is 0 Å². The molecule has 0 saturated heterocycles. The summed E-state index contributed by atoms with van der Waals surface area (Å²) in [5.41, 5.74) is 0. The number of esters is 1. The maximum Gasteiger partial charge on any atom is 0.321 e. The average Bonchev–Trinajstić information content (AvgIpc) is 2.66. The Kier molecular flexibility index (Phi) is 17.9. The van der Waals surface area contributed by atoms with Crippen LogP contribution in [0.1, 0.15) is 98.3 Å². The Morgan fingerprint density at radius 1 is 0.885 bits per heavy atom. The summed E-state index contributed by atoms with van der Waals surface area (Å²) in [4.78, 5) is 12.4. The maximum atomic E-state index is 12.4. The fraction of sp³-hybridized carbons (Fsp3) is 0.950. The van der Waals surface area contributed by atoms with Crippen LogP contribution in [0.25, 0.3) is 0 Å². The van der Waals surface area contributed by atoms with Gasteiger partial charge in [0.1, 0.15) is 5.25 Å². The van der Waals surface area contributed by atoms with E-state index < -0.39 is 5.25 Å². The van der Waals surface area contributed by atoms with Crippen LogP contribution in [0.5, 0.6) is 0 Å². The van der Waals surface area contributed by atoms with Gasteiger partial charge in [-0.2, -0.15) is 0 Å². The lowest BCUT2D eigenvalue weighted by atomic mass is 9.93. The van der Waals surface area contributed by atoms with E-state index >= 15 is 0 Å². The van der Waals surface area contributed by atoms with Gasteiger partial charge in [0.15, 0.2) is 0 Å². The molecule has 6 heteroatoms. The Morgan fingerprint density at radius 2 is 1.46 bits per heavy atom. The van der Waals surface area contributed by atoms with Gasteiger partial charge in [-0.05, 0) is 24.7 Å². The summed E-state index contributed by atoms with van der Waals surface area (Å²) in [6.07, 6.45) is 12.0. The lowest BCUT2D eigenvalue weighted by Gasteiger charge is -2.19. The van der Waals surface area contributed by atoms with Gasteiger partial charge >= 0.3 is 5.97 Å². The van der Waals surface area contributed by atoms with Gasteiger partial charge in [-0.15, -0.1) is 4.33 Å². The number of ether oxygens (including phenoxy) is 1. The summed E-state index contributed by atoms with van der Waals surface area (Å²) in [6, 6.07) is 0. The summed E-state index contributed by atoms with van der Waals surface area (Å²) < 4.78 is 10.1. The molecule has 0 amide bonds. The first-order valence-electron chi connectivity index (χ1n) is 10.4. The van der Waals surface area contributed by atoms with E-state index in [4.69, 9.17) is 9.99 Å². The molecule has 0 aromatic heterocycles. The highest BCUT2D eigenvalue weighted by molar-refractivity contribution is 7.95. The summed E-state index contributed by atoms with van der Waals surface area (Å²) in [5, 5.41) is 11.6. The number of carbonyl (C=O) groups excluding carboxylic acids is 1. The maximum absolute atomic E-state index is 12.4. The fourth-order valence-corrected chi connectivity index (χ4v) is 3.64. The Labute approximate surface area is 164 Å². The lowest BCUT2D eigenvalue weighted by molar-refractivity contribution is -0.432. The van der Waals surface area contributed by atoms with E-state index in [9.17, 15) is 4.79 Å². The minimum Gasteiger partial charge on any atom is -0.465 e. The average molecular weight is 393 g/mol. The predicted molar refractivity (Wildman–Crippen MR) is 108 cm³/mol. The van der Waals surface area contributed by atoms with E-state index in [0.29, 0.717) is 24.9 Å². The van der Waals surface area contributed by atoms with Gasteiger partial charge in [0, 0.05) is 12.0 Å². The number of rotatable bonds is 18. The van der Waals surface area contributed by atoms with Gasteiger partial charge in [-0.3, -0.25) is 4.79 Å². The molecule has 5 nitrogen and oxygen atoms in total. The van der Waals surface area contributed by atoms with Crippen molar-refractivity contribution >= 4 is 18.0 Å². The van der Waals surface area contributed by atoms with Crippen molar-refractivity contribution in [2.75, 3.05) is 6.61 Å². The highest BCUT2D eigenvalue weighted by Crippen LogP contribution is 2.25. The zero-order valence-electron chi connectivity index (χ0n) is 17.2. The first-order chi connectivity index (χ1) is 12.6. The van der Waals surface area contributed by atoms with Crippen LogP contribution in [-0.4, -0.2) is 23.1 Å². The third-order valence-corrected chi connectivity index (χ3v) is 5.88. The zero-order chi connectivity index (χ0) is 19.6. The Hall–Kier alpha value is -0.300. The van der Waals surface area contributed by atoms with Crippen molar-refractivity contribution in [2.45, 2.75) is 104 Å². The van der Waals surface area contributed by atoms with Gasteiger partial charge in [-0.25, -0.2) is 5.26 Å². The molecule has 26 heavy (non-hydrogen) atoms. The molecule has 0 aliphatic heterocycles. The lowest BCUT2D eigenvalue weighted by Crippen LogP contribution is -2.24. The van der Waals surface area contributed by atoms with Crippen LogP contribution in [0.15, 0.2) is 0 Å². The number of unbranched alkanes of at least 4 members (excludes halogenated alkanes) is 2. The summed E-state index contributed by atoms with van der Waals surface area (Å²) in [6.45, 7) is 9.20. The molecule has 0 bridgehead atoms. The van der Waals surface area contributed by atoms with Crippen molar-refractivity contribution in [3.8, 4) is 0 Å². The van der Waals surface area contributed by atoms with E-state index in [0.717, 1.165) is 50.6 Å². The molecular formula is C20H40O5S. The predicted octanol–water partition coefficient (Wildman–Crippen LogP) is 6.57. The highest BCUT2D eigenvalue weighted by atomic mass is 32.2. The second kappa shape index (κ2) is 18.1. The first kappa shape index (κ1) is 25.7. The fourth-order valence-electron chi connectivity index (χ4n) is 3.10. The molecule has 0 aromatic carbocycles. The van der Waals surface area contributed by atoms with Crippen molar-refractivity contribution < 1.29 is 24.2 Å². The molecule has 156 valence electrons. The molecular weight excluding hydrogens is 352 g/mol. The Bertz CT molecular complexity index is 327. The second-order valence-corrected chi connectivity index (χ2v) is 8.02. The van der Waals surface area contributed by atoms with Crippen LogP contribution in [0.4, 0.5) is 0 Å². The largest absolute Gasteiger partial charge is 0.465 e. The number of hydrogen-bond acceptors (Lipinski definition) is 6. The van der Waals surface area contributed by atoms with Gasteiger partial charge in [0.05, 0.1) is 6.61 Å². The van der Waals surface area contributed by atoms with Crippen LogP contribution < -0.4 is 0 Å². The van der Waals surface area contributed by atoms with Crippen LogP contribution >= 0.6 is 12.0 Å². The van der Waals surface area contributed by atoms with E-state index in [1.54, 1.807) is 0 Å². The quantitative estimate of drug-likeness (QED) is 0.123. The van der Waals surface area contributed by atoms with Gasteiger partial charge in [-0.1, -0.05) is 90.5 Å². The molecule has 0 aliphatic rings. The SMILES string of the molecule is CCCCC(CC)CCCC(SOOO)C(=O)OCC(CC)CCCC. The van der Waals surface area contributed by atoms with E-state index in [2.05, 4.69) is 37.1 Å². The Morgan fingerprint density at radius 3 is 2.00 bits per heavy atom. The molecule has 0 saturated carbocycles. The summed E-state index contributed by atoms with van der Waals surface area (Å²) >= 11 is 0.837. The van der Waals surface area contributed by atoms with E-state index in [1.807, 2.05) is 0 Å². The molecule has 0 rings (SSSR count). The van der Waals surface area contributed by atoms with Crippen LogP contribution in [0.2, 0.25) is 0 Å². The van der Waals surface area contributed by atoms with Crippen molar-refractivity contribution in [1.29, 1.82) is 0 Å². The molecule has 0 spiro atoms. The highest BCUT2D eigenvalue weighted by Gasteiger charge is 2.24. The van der Waals surface area contributed by atoms with Crippen molar-refractivity contribution in [3.63, 3.8) is 0 Å². The van der Waals surface area contributed by atoms with E-state index in [1.165, 1.54) is 25.7 Å². The number of hydrogen-bond donors (Lipinski definition) is 1. The molecule has 0 aliphatic carbocycles. The smallest absolute Gasteiger partial charge is 0.321 e. The van der Waals surface area contributed by atoms with Crippen LogP contribution in [0, 0.1) is 11.8 Å². The van der Waals surface area contributed by atoms with Crippen LogP contribution in [-0.2, 0) is 18.9 Å². The van der Waals surface area contributed by atoms with Crippen molar-refractivity contribution in [2.24, 2.45) is 11.8 Å². The third-order valence-electron chi connectivity index (χ3n) is 5.08. The normalized spacial score (nSPS) is 14.8. The van der Waals surface area contributed by atoms with Gasteiger partial charge < -0.3 is 4.74 Å².